The van der Waals surface area contributed by atoms with Gasteiger partial charge in [-0.2, -0.15) is 0 Å². The normalized spacial score (nSPS) is 10.5. The highest BCUT2D eigenvalue weighted by Gasteiger charge is 1.57. The largest absolute Gasteiger partial charge is 0.326 e. The quantitative estimate of drug-likeness (QED) is 0.412. The van der Waals surface area contributed by atoms with Gasteiger partial charge in [0.05, 0.1) is 0 Å². The van der Waals surface area contributed by atoms with Crippen LogP contribution < -0.4 is 0 Å². The summed E-state index contributed by atoms with van der Waals surface area (Å²) in [6.07, 6.45) is 0. The molecule has 1 nitrogen and oxygen atoms in total. The Kier molecular flexibility index (Phi) is 5.39. The Morgan fingerprint density at radius 3 is 2.25 bits per heavy atom. The zero-order chi connectivity index (χ0) is 3.41. The zero-order valence-corrected chi connectivity index (χ0v) is 4.90. The molecule has 0 rings (SSSR count). The molecule has 0 amide bonds. The lowest BCUT2D eigenvalue weighted by atomic mass is 15.9. The van der Waals surface area contributed by atoms with Gasteiger partial charge in [0.15, 0.2) is 0 Å². The lowest BCUT2D eigenvalue weighted by Gasteiger charge is -1.68. The molecule has 0 fully saturated rings. The van der Waals surface area contributed by atoms with Crippen molar-refractivity contribution in [2.75, 3.05) is 0 Å². The van der Waals surface area contributed by atoms with Gasteiger partial charge in [0, 0.05) is 11.7 Å². The smallest absolute Gasteiger partial charge is 0.0146 e. The number of hydrogen-bond acceptors (Lipinski definition) is 2. The molecule has 0 spiro atoms. The van der Waals surface area contributed by atoms with Crippen LogP contribution in [0.4, 0.5) is 0 Å². The average Bonchev–Trinajstić information content (AvgIpc) is 1.37. The first-order valence-corrected chi connectivity index (χ1v) is 4.98. The van der Waals surface area contributed by atoms with E-state index in [1.165, 1.54) is 0 Å². The molecule has 0 aromatic rings. The van der Waals surface area contributed by atoms with Gasteiger partial charge < -0.3 is 4.55 Å². The molecule has 0 aromatic carbocycles. The van der Waals surface area contributed by atoms with E-state index in [0.717, 1.165) is 11.7 Å². The summed E-state index contributed by atoms with van der Waals surface area (Å²) in [4.78, 5) is 0. The third-order valence-corrected chi connectivity index (χ3v) is 1.42. The fourth-order valence-electron chi connectivity index (χ4n) is 0. The third-order valence-electron chi connectivity index (χ3n) is 0.0527. The lowest BCUT2D eigenvalue weighted by molar-refractivity contribution is 0.676. The summed E-state index contributed by atoms with van der Waals surface area (Å²) in [6, 6.07) is 0. The van der Waals surface area contributed by atoms with Crippen LogP contribution in [0.3, 0.4) is 0 Å². The molecule has 1 N–H and O–H groups in total. The molecule has 0 saturated heterocycles. The van der Waals surface area contributed by atoms with E-state index in [2.05, 4.69) is 8.93 Å². The Labute approximate surface area is 33.4 Å². The summed E-state index contributed by atoms with van der Waals surface area (Å²) < 4.78 is 7.78. The summed E-state index contributed by atoms with van der Waals surface area (Å²) in [5.41, 5.74) is 0. The Hall–Kier alpha value is 1.17. The van der Waals surface area contributed by atoms with Crippen LogP contribution in [0, 0.1) is 0 Å². The minimum atomic E-state index is 0.529. The highest BCUT2D eigenvalue weighted by Crippen LogP contribution is 2.32. The molecular weight excluding hydrogens is 110 g/mol. The van der Waals surface area contributed by atoms with Gasteiger partial charge in [-0.1, -0.05) is 0 Å². The van der Waals surface area contributed by atoms with Crippen molar-refractivity contribution in [1.82, 2.24) is 0 Å². The van der Waals surface area contributed by atoms with Gasteiger partial charge in [-0.25, -0.2) is 0 Å². The minimum absolute atomic E-state index is 0.529. The van der Waals surface area contributed by atoms with E-state index in [4.69, 9.17) is 4.55 Å². The van der Waals surface area contributed by atoms with E-state index in [-0.39, 0.29) is 0 Å². The van der Waals surface area contributed by atoms with E-state index in [0.29, 0.717) is 7.47 Å². The summed E-state index contributed by atoms with van der Waals surface area (Å²) in [5.74, 6) is 0. The number of rotatable bonds is 1. The molecular formula is H4OP2S. The maximum absolute atomic E-state index is 7.78. The second kappa shape index (κ2) is 4.17. The van der Waals surface area contributed by atoms with Crippen LogP contribution in [0.1, 0.15) is 0 Å². The van der Waals surface area contributed by atoms with Gasteiger partial charge in [0.1, 0.15) is 0 Å². The predicted octanol–water partition coefficient (Wildman–Crippen LogP) is 1.58. The lowest BCUT2D eigenvalue weighted by Crippen LogP contribution is -1.16. The van der Waals surface area contributed by atoms with Crippen molar-refractivity contribution < 1.29 is 4.55 Å². The minimum Gasteiger partial charge on any atom is -0.326 e. The monoisotopic (exact) mass is 114 g/mol. The van der Waals surface area contributed by atoms with E-state index < -0.39 is 0 Å². The van der Waals surface area contributed by atoms with Crippen LogP contribution in [-0.4, -0.2) is 4.55 Å². The van der Waals surface area contributed by atoms with Gasteiger partial charge in [-0.05, 0) is 7.47 Å². The second-order valence-corrected chi connectivity index (χ2v) is 4.00. The predicted molar refractivity (Wildman–Crippen MR) is 28.2 cm³/mol. The van der Waals surface area contributed by atoms with Crippen LogP contribution >= 0.6 is 28.1 Å². The van der Waals surface area contributed by atoms with Crippen molar-refractivity contribution in [3.63, 3.8) is 0 Å². The van der Waals surface area contributed by atoms with Crippen LogP contribution in [0.25, 0.3) is 0 Å². The van der Waals surface area contributed by atoms with E-state index in [1.807, 2.05) is 0 Å². The SMILES string of the molecule is OSPP. The molecule has 0 bridgehead atoms. The summed E-state index contributed by atoms with van der Waals surface area (Å²) >= 11 is 0.847. The third kappa shape index (κ3) is 3.17. The first-order valence-electron chi connectivity index (χ1n) is 0.675. The zero-order valence-electron chi connectivity index (χ0n) is 1.93. The highest BCUT2D eigenvalue weighted by molar-refractivity contribution is 8.62. The van der Waals surface area contributed by atoms with E-state index in [9.17, 15) is 0 Å². The Balaban J connectivity index is 1.97. The van der Waals surface area contributed by atoms with Gasteiger partial charge in [0.2, 0.25) is 0 Å². The van der Waals surface area contributed by atoms with E-state index >= 15 is 0 Å². The molecule has 4 heavy (non-hydrogen) atoms. The van der Waals surface area contributed by atoms with Gasteiger partial charge in [-0.15, -0.1) is 8.93 Å². The molecule has 0 aliphatic heterocycles. The second-order valence-electron chi connectivity index (χ2n) is 0.209. The van der Waals surface area contributed by atoms with Crippen molar-refractivity contribution >= 4 is 28.1 Å². The van der Waals surface area contributed by atoms with Crippen molar-refractivity contribution in [2.24, 2.45) is 0 Å². The molecule has 2 atom stereocenters. The van der Waals surface area contributed by atoms with Crippen LogP contribution in [0.5, 0.6) is 0 Å². The van der Waals surface area contributed by atoms with Crippen molar-refractivity contribution in [3.8, 4) is 0 Å². The fraction of sp³-hybridized carbons (Fsp3) is 0. The van der Waals surface area contributed by atoms with Crippen molar-refractivity contribution in [3.05, 3.63) is 0 Å². The molecule has 0 aliphatic carbocycles. The first-order chi connectivity index (χ1) is 1.91. The molecule has 2 unspecified atom stereocenters. The maximum Gasteiger partial charge on any atom is 0.0146 e. The van der Waals surface area contributed by atoms with E-state index in [1.54, 1.807) is 0 Å². The van der Waals surface area contributed by atoms with Gasteiger partial charge >= 0.3 is 0 Å². The maximum atomic E-state index is 7.78. The molecule has 4 heteroatoms. The van der Waals surface area contributed by atoms with Crippen molar-refractivity contribution in [2.45, 2.75) is 0 Å². The molecule has 0 heterocycles. The summed E-state index contributed by atoms with van der Waals surface area (Å²) in [6.45, 7) is 0. The van der Waals surface area contributed by atoms with Crippen molar-refractivity contribution in [1.29, 1.82) is 0 Å². The Morgan fingerprint density at radius 1 is 2.00 bits per heavy atom. The Bertz CT molecular complexity index is 8.00. The number of hydrogen-bond donors (Lipinski definition) is 1. The average molecular weight is 114 g/mol. The standard InChI is InChI=1S/H4OP2S/c1-4-3-2/h1,3H,2H2. The van der Waals surface area contributed by atoms with Gasteiger partial charge in [-0.3, -0.25) is 0 Å². The van der Waals surface area contributed by atoms with Crippen LogP contribution in [0.15, 0.2) is 0 Å². The summed E-state index contributed by atoms with van der Waals surface area (Å²) in [7, 11) is 2.93. The van der Waals surface area contributed by atoms with Gasteiger partial charge in [0.25, 0.3) is 0 Å². The molecule has 0 aliphatic rings. The first kappa shape index (κ1) is 5.17. The van der Waals surface area contributed by atoms with Crippen LogP contribution in [-0.2, 0) is 0 Å². The van der Waals surface area contributed by atoms with Crippen LogP contribution in [0.2, 0.25) is 0 Å². The molecule has 0 radical (unpaired) electrons. The topological polar surface area (TPSA) is 20.2 Å². The summed E-state index contributed by atoms with van der Waals surface area (Å²) in [5, 5.41) is 0. The molecule has 0 saturated carbocycles. The molecule has 0 aromatic heterocycles. The highest BCUT2D eigenvalue weighted by atomic mass is 32.9. The molecule has 26 valence electrons. The fourth-order valence-corrected chi connectivity index (χ4v) is 0. The Morgan fingerprint density at radius 2 is 2.25 bits per heavy atom.